The average molecular weight is 263 g/mol. The van der Waals surface area contributed by atoms with Crippen molar-refractivity contribution in [2.45, 2.75) is 4.90 Å². The molecule has 1 aromatic heterocycles. The van der Waals surface area contributed by atoms with Gasteiger partial charge in [-0.1, -0.05) is 0 Å². The van der Waals surface area contributed by atoms with E-state index >= 15 is 0 Å². The second-order valence-corrected chi connectivity index (χ2v) is 6.61. The highest BCUT2D eigenvalue weighted by molar-refractivity contribution is 8.14. The third kappa shape index (κ3) is 4.51. The molecule has 4 nitrogen and oxygen atoms in total. The van der Waals surface area contributed by atoms with Gasteiger partial charge in [0.15, 0.2) is 0 Å². The number of aromatic nitrogens is 1. The first kappa shape index (κ1) is 12.3. The lowest BCUT2D eigenvalue weighted by Crippen LogP contribution is -1.99. The fraction of sp³-hybridized carbons (Fsp3) is 0.250. The molecule has 1 rings (SSSR count). The van der Waals surface area contributed by atoms with Crippen molar-refractivity contribution in [1.29, 1.82) is 5.26 Å². The van der Waals surface area contributed by atoms with Gasteiger partial charge in [-0.3, -0.25) is 4.98 Å². The number of hydrogen-bond acceptors (Lipinski definition) is 5. The number of nitriles is 1. The number of nitrogens with zero attached hydrogens (tertiary/aromatic N) is 2. The maximum atomic E-state index is 10.6. The monoisotopic (exact) mass is 262 g/mol. The molecule has 0 aromatic carbocycles. The Morgan fingerprint density at radius 2 is 2.33 bits per heavy atom. The molecule has 0 fully saturated rings. The molecule has 0 saturated carbocycles. The Morgan fingerprint density at radius 3 is 2.93 bits per heavy atom. The van der Waals surface area contributed by atoms with Crippen molar-refractivity contribution >= 4 is 31.5 Å². The summed E-state index contributed by atoms with van der Waals surface area (Å²) in [4.78, 5) is 4.52. The van der Waals surface area contributed by atoms with Crippen LogP contribution in [0.25, 0.3) is 0 Å². The van der Waals surface area contributed by atoms with Crippen LogP contribution in [0.5, 0.6) is 0 Å². The summed E-state index contributed by atoms with van der Waals surface area (Å²) in [5.74, 6) is 0.186. The second kappa shape index (κ2) is 5.35. The first-order valence-electron chi connectivity index (χ1n) is 3.92. The van der Waals surface area contributed by atoms with E-state index in [0.29, 0.717) is 16.2 Å². The van der Waals surface area contributed by atoms with Crippen LogP contribution < -0.4 is 0 Å². The minimum absolute atomic E-state index is 0.126. The number of hydrogen-bond donors (Lipinski definition) is 0. The minimum atomic E-state index is -3.47. The standard InChI is InChI=1S/C8H7ClN2O2S2/c9-15(12,13)4-3-14-8-6-11-2-1-7(8)5-10/h1-2,6H,3-4H2. The first-order chi connectivity index (χ1) is 7.03. The lowest BCUT2D eigenvalue weighted by molar-refractivity contribution is 0.611. The molecule has 0 aliphatic carbocycles. The third-order valence-corrected chi connectivity index (χ3v) is 3.95. The van der Waals surface area contributed by atoms with Gasteiger partial charge in [0, 0.05) is 33.7 Å². The predicted molar refractivity (Wildman–Crippen MR) is 59.3 cm³/mol. The van der Waals surface area contributed by atoms with E-state index in [4.69, 9.17) is 15.9 Å². The van der Waals surface area contributed by atoms with Gasteiger partial charge in [-0.2, -0.15) is 5.26 Å². The Bertz CT molecular complexity index is 482. The predicted octanol–water partition coefficient (Wildman–Crippen LogP) is 1.61. The van der Waals surface area contributed by atoms with Gasteiger partial charge in [-0.25, -0.2) is 8.42 Å². The van der Waals surface area contributed by atoms with Crippen LogP contribution >= 0.6 is 22.4 Å². The molecule has 15 heavy (non-hydrogen) atoms. The molecule has 0 radical (unpaired) electrons. The summed E-state index contributed by atoms with van der Waals surface area (Å²) >= 11 is 1.25. The maximum absolute atomic E-state index is 10.6. The van der Waals surface area contributed by atoms with Gasteiger partial charge in [0.1, 0.15) is 6.07 Å². The summed E-state index contributed by atoms with van der Waals surface area (Å²) < 4.78 is 21.3. The largest absolute Gasteiger partial charge is 0.263 e. The molecule has 0 unspecified atom stereocenters. The van der Waals surface area contributed by atoms with E-state index in [9.17, 15) is 8.42 Å². The molecule has 0 amide bonds. The molecule has 80 valence electrons. The molecule has 0 atom stereocenters. The summed E-state index contributed by atoms with van der Waals surface area (Å²) in [6.07, 6.45) is 3.05. The van der Waals surface area contributed by atoms with Gasteiger partial charge in [0.2, 0.25) is 9.05 Å². The Morgan fingerprint density at radius 1 is 1.60 bits per heavy atom. The molecule has 0 aliphatic heterocycles. The maximum Gasteiger partial charge on any atom is 0.233 e. The minimum Gasteiger partial charge on any atom is -0.263 e. The Hall–Kier alpha value is -0.770. The molecule has 0 aliphatic rings. The van der Waals surface area contributed by atoms with Gasteiger partial charge in [0.25, 0.3) is 0 Å². The van der Waals surface area contributed by atoms with Crippen molar-refractivity contribution in [1.82, 2.24) is 4.98 Å². The zero-order chi connectivity index (χ0) is 11.3. The average Bonchev–Trinajstić information content (AvgIpc) is 2.16. The van der Waals surface area contributed by atoms with Gasteiger partial charge >= 0.3 is 0 Å². The van der Waals surface area contributed by atoms with E-state index in [2.05, 4.69) is 4.98 Å². The van der Waals surface area contributed by atoms with Gasteiger partial charge in [0.05, 0.1) is 11.3 Å². The van der Waals surface area contributed by atoms with Crippen LogP contribution in [0.1, 0.15) is 5.56 Å². The smallest absolute Gasteiger partial charge is 0.233 e. The van der Waals surface area contributed by atoms with Crippen LogP contribution in [0.2, 0.25) is 0 Å². The highest BCUT2D eigenvalue weighted by Crippen LogP contribution is 2.21. The van der Waals surface area contributed by atoms with E-state index in [1.54, 1.807) is 6.07 Å². The number of pyridine rings is 1. The summed E-state index contributed by atoms with van der Waals surface area (Å²) in [5.41, 5.74) is 0.488. The van der Waals surface area contributed by atoms with E-state index in [1.807, 2.05) is 6.07 Å². The van der Waals surface area contributed by atoms with Crippen LogP contribution in [0.4, 0.5) is 0 Å². The Balaban J connectivity index is 2.63. The molecule has 0 saturated heterocycles. The highest BCUT2D eigenvalue weighted by atomic mass is 35.7. The second-order valence-electron chi connectivity index (χ2n) is 2.58. The van der Waals surface area contributed by atoms with Crippen molar-refractivity contribution in [2.24, 2.45) is 0 Å². The SMILES string of the molecule is N#Cc1ccncc1SCCS(=O)(=O)Cl. The molecule has 0 N–H and O–H groups in total. The first-order valence-corrected chi connectivity index (χ1v) is 7.38. The van der Waals surface area contributed by atoms with E-state index in [0.717, 1.165) is 0 Å². The van der Waals surface area contributed by atoms with E-state index in [-0.39, 0.29) is 5.75 Å². The molecule has 1 heterocycles. The van der Waals surface area contributed by atoms with E-state index < -0.39 is 9.05 Å². The molecular weight excluding hydrogens is 256 g/mol. The van der Waals surface area contributed by atoms with Crippen LogP contribution in [0, 0.1) is 11.3 Å². The Labute approximate surface area is 96.7 Å². The lowest BCUT2D eigenvalue weighted by atomic mass is 10.3. The van der Waals surface area contributed by atoms with Crippen LogP contribution in [-0.4, -0.2) is 24.9 Å². The number of rotatable bonds is 4. The fourth-order valence-electron chi connectivity index (χ4n) is 0.839. The quantitative estimate of drug-likeness (QED) is 0.609. The lowest BCUT2D eigenvalue weighted by Gasteiger charge is -2.00. The van der Waals surface area contributed by atoms with Crippen LogP contribution in [0.3, 0.4) is 0 Å². The van der Waals surface area contributed by atoms with Crippen molar-refractivity contribution in [2.75, 3.05) is 11.5 Å². The van der Waals surface area contributed by atoms with Crippen molar-refractivity contribution < 1.29 is 8.42 Å². The molecule has 7 heteroatoms. The van der Waals surface area contributed by atoms with Crippen molar-refractivity contribution in [3.05, 3.63) is 24.0 Å². The third-order valence-electron chi connectivity index (χ3n) is 1.49. The molecular formula is C8H7ClN2O2S2. The van der Waals surface area contributed by atoms with Crippen molar-refractivity contribution in [3.8, 4) is 6.07 Å². The van der Waals surface area contributed by atoms with E-state index in [1.165, 1.54) is 24.2 Å². The van der Waals surface area contributed by atoms with Crippen LogP contribution in [0.15, 0.2) is 23.4 Å². The summed E-state index contributed by atoms with van der Waals surface area (Å²) in [6.45, 7) is 0. The van der Waals surface area contributed by atoms with Crippen LogP contribution in [-0.2, 0) is 9.05 Å². The molecule has 0 bridgehead atoms. The van der Waals surface area contributed by atoms with Gasteiger partial charge in [-0.05, 0) is 6.07 Å². The Kier molecular flexibility index (Phi) is 4.39. The normalized spacial score (nSPS) is 10.9. The van der Waals surface area contributed by atoms with Gasteiger partial charge < -0.3 is 0 Å². The molecule has 1 aromatic rings. The zero-order valence-electron chi connectivity index (χ0n) is 7.55. The fourth-order valence-corrected chi connectivity index (χ4v) is 3.16. The zero-order valence-corrected chi connectivity index (χ0v) is 9.94. The summed E-state index contributed by atoms with van der Waals surface area (Å²) in [5, 5.41) is 8.74. The number of thioether (sulfide) groups is 1. The molecule has 0 spiro atoms. The summed E-state index contributed by atoms with van der Waals surface area (Å²) in [7, 11) is 1.59. The topological polar surface area (TPSA) is 70.8 Å². The number of halogens is 1. The summed E-state index contributed by atoms with van der Waals surface area (Å²) in [6, 6.07) is 3.58. The van der Waals surface area contributed by atoms with Gasteiger partial charge in [-0.15, -0.1) is 11.8 Å². The van der Waals surface area contributed by atoms with Crippen molar-refractivity contribution in [3.63, 3.8) is 0 Å². The highest BCUT2D eigenvalue weighted by Gasteiger charge is 2.07.